The highest BCUT2D eigenvalue weighted by Gasteiger charge is 2.30. The maximum Gasteiger partial charge on any atom is 0.197 e. The van der Waals surface area contributed by atoms with E-state index >= 15 is 0 Å². The minimum absolute atomic E-state index is 0.557. The predicted octanol–water partition coefficient (Wildman–Crippen LogP) is 5.00. The molecule has 0 N–H and O–H groups in total. The standard InChI is InChI=1S/C19H23N5S2/c1-5-8-24-16(13-6-7-13)22-23-19(24)26-18-15-14(9-11(2)3)10-25-17(15)20-12(4)21-18/h5,10-11,13H,1,6-9H2,2-4H3. The number of rotatable bonds is 7. The van der Waals surface area contributed by atoms with Crippen LogP contribution in [0.1, 0.15) is 49.8 Å². The van der Waals surface area contributed by atoms with E-state index in [0.29, 0.717) is 11.8 Å². The number of thiophene rings is 1. The third-order valence-corrected chi connectivity index (χ3v) is 6.30. The van der Waals surface area contributed by atoms with Crippen molar-refractivity contribution >= 4 is 33.3 Å². The molecule has 4 rings (SSSR count). The summed E-state index contributed by atoms with van der Waals surface area (Å²) in [4.78, 5) is 10.5. The van der Waals surface area contributed by atoms with Crippen LogP contribution in [0, 0.1) is 12.8 Å². The van der Waals surface area contributed by atoms with Crippen LogP contribution in [-0.2, 0) is 13.0 Å². The molecule has 3 aromatic rings. The topological polar surface area (TPSA) is 56.5 Å². The molecule has 0 radical (unpaired) electrons. The quantitative estimate of drug-likeness (QED) is 0.423. The Bertz CT molecular complexity index is 952. The Morgan fingerprint density at radius 2 is 2.15 bits per heavy atom. The van der Waals surface area contributed by atoms with Gasteiger partial charge in [0, 0.05) is 17.8 Å². The fourth-order valence-corrected chi connectivity index (χ4v) is 5.24. The smallest absolute Gasteiger partial charge is 0.197 e. The minimum Gasteiger partial charge on any atom is -0.302 e. The van der Waals surface area contributed by atoms with Gasteiger partial charge in [-0.25, -0.2) is 9.97 Å². The Balaban J connectivity index is 1.77. The highest BCUT2D eigenvalue weighted by molar-refractivity contribution is 7.99. The van der Waals surface area contributed by atoms with Crippen LogP contribution >= 0.6 is 23.1 Å². The SMILES string of the molecule is C=CCn1c(Sc2nc(C)nc3scc(CC(C)C)c23)nnc1C1CC1. The number of fused-ring (bicyclic) bond motifs is 1. The molecule has 0 amide bonds. The Morgan fingerprint density at radius 3 is 2.85 bits per heavy atom. The second-order valence-corrected chi connectivity index (χ2v) is 9.05. The minimum atomic E-state index is 0.557. The largest absolute Gasteiger partial charge is 0.302 e. The Kier molecular flexibility index (Phi) is 4.84. The van der Waals surface area contributed by atoms with Gasteiger partial charge in [-0.05, 0) is 54.8 Å². The van der Waals surface area contributed by atoms with Gasteiger partial charge < -0.3 is 4.57 Å². The molecule has 0 spiro atoms. The number of hydrogen-bond acceptors (Lipinski definition) is 6. The lowest BCUT2D eigenvalue weighted by Gasteiger charge is -2.09. The molecule has 26 heavy (non-hydrogen) atoms. The Labute approximate surface area is 162 Å². The van der Waals surface area contributed by atoms with Crippen molar-refractivity contribution < 1.29 is 0 Å². The molecule has 0 aromatic carbocycles. The normalized spacial score (nSPS) is 14.5. The first-order chi connectivity index (χ1) is 12.6. The van der Waals surface area contributed by atoms with E-state index < -0.39 is 0 Å². The molecule has 3 aromatic heterocycles. The van der Waals surface area contributed by atoms with Crippen molar-refractivity contribution in [2.24, 2.45) is 5.92 Å². The van der Waals surface area contributed by atoms with Crippen molar-refractivity contribution in [2.75, 3.05) is 0 Å². The molecule has 1 aliphatic rings. The molecule has 7 heteroatoms. The van der Waals surface area contributed by atoms with Crippen molar-refractivity contribution in [3.63, 3.8) is 0 Å². The average Bonchev–Trinajstić information content (AvgIpc) is 3.24. The summed E-state index contributed by atoms with van der Waals surface area (Å²) in [6.07, 6.45) is 5.36. The Hall–Kier alpha value is -1.73. The summed E-state index contributed by atoms with van der Waals surface area (Å²) in [5.74, 6) is 3.04. The summed E-state index contributed by atoms with van der Waals surface area (Å²) in [6, 6.07) is 0. The zero-order valence-electron chi connectivity index (χ0n) is 15.4. The molecule has 0 unspecified atom stereocenters. The van der Waals surface area contributed by atoms with E-state index in [0.717, 1.165) is 39.6 Å². The second-order valence-electron chi connectivity index (χ2n) is 7.23. The van der Waals surface area contributed by atoms with Crippen molar-refractivity contribution in [1.29, 1.82) is 0 Å². The molecular weight excluding hydrogens is 362 g/mol. The monoisotopic (exact) mass is 385 g/mol. The summed E-state index contributed by atoms with van der Waals surface area (Å²) in [5.41, 5.74) is 1.33. The van der Waals surface area contributed by atoms with Gasteiger partial charge in [-0.15, -0.1) is 28.1 Å². The van der Waals surface area contributed by atoms with Gasteiger partial charge in [0.25, 0.3) is 0 Å². The zero-order valence-corrected chi connectivity index (χ0v) is 17.0. The zero-order chi connectivity index (χ0) is 18.3. The first kappa shape index (κ1) is 17.7. The van der Waals surface area contributed by atoms with Crippen LogP contribution in [0.15, 0.2) is 28.2 Å². The van der Waals surface area contributed by atoms with Crippen molar-refractivity contribution in [3.8, 4) is 0 Å². The lowest BCUT2D eigenvalue weighted by atomic mass is 10.0. The number of allylic oxidation sites excluding steroid dienone is 1. The van der Waals surface area contributed by atoms with Crippen LogP contribution in [-0.4, -0.2) is 24.7 Å². The lowest BCUT2D eigenvalue weighted by molar-refractivity contribution is 0.650. The lowest BCUT2D eigenvalue weighted by Crippen LogP contribution is -2.03. The molecule has 1 saturated carbocycles. The molecule has 136 valence electrons. The van der Waals surface area contributed by atoms with Crippen LogP contribution < -0.4 is 0 Å². The summed E-state index contributed by atoms with van der Waals surface area (Å²) in [7, 11) is 0. The summed E-state index contributed by atoms with van der Waals surface area (Å²) >= 11 is 3.31. The molecule has 0 atom stereocenters. The van der Waals surface area contributed by atoms with Gasteiger partial charge in [0.05, 0.1) is 0 Å². The molecule has 0 saturated heterocycles. The van der Waals surface area contributed by atoms with Crippen LogP contribution in [0.3, 0.4) is 0 Å². The second kappa shape index (κ2) is 7.12. The molecule has 1 fully saturated rings. The fourth-order valence-electron chi connectivity index (χ4n) is 3.14. The molecular formula is C19H23N5S2. The summed E-state index contributed by atoms with van der Waals surface area (Å²) in [5, 5.41) is 14.2. The number of nitrogens with zero attached hydrogens (tertiary/aromatic N) is 5. The van der Waals surface area contributed by atoms with Crippen molar-refractivity contribution in [3.05, 3.63) is 35.2 Å². The van der Waals surface area contributed by atoms with Crippen molar-refractivity contribution in [2.45, 2.75) is 62.7 Å². The maximum atomic E-state index is 4.76. The van der Waals surface area contributed by atoms with E-state index in [1.807, 2.05) is 13.0 Å². The molecule has 3 heterocycles. The van der Waals surface area contributed by atoms with E-state index in [4.69, 9.17) is 4.98 Å². The van der Waals surface area contributed by atoms with Crippen LogP contribution in [0.2, 0.25) is 0 Å². The first-order valence-electron chi connectivity index (χ1n) is 9.03. The van der Waals surface area contributed by atoms with Gasteiger partial charge in [-0.2, -0.15) is 0 Å². The summed E-state index contributed by atoms with van der Waals surface area (Å²) in [6.45, 7) is 11.1. The van der Waals surface area contributed by atoms with Crippen LogP contribution in [0.5, 0.6) is 0 Å². The fraction of sp³-hybridized carbons (Fsp3) is 0.474. The number of aromatic nitrogens is 5. The first-order valence-corrected chi connectivity index (χ1v) is 10.7. The van der Waals surface area contributed by atoms with Crippen LogP contribution in [0.4, 0.5) is 0 Å². The van der Waals surface area contributed by atoms with E-state index in [2.05, 4.69) is 45.6 Å². The average molecular weight is 386 g/mol. The van der Waals surface area contributed by atoms with Gasteiger partial charge in [0.1, 0.15) is 21.5 Å². The van der Waals surface area contributed by atoms with Gasteiger partial charge >= 0.3 is 0 Å². The van der Waals surface area contributed by atoms with E-state index in [1.165, 1.54) is 23.8 Å². The van der Waals surface area contributed by atoms with Gasteiger partial charge in [0.15, 0.2) is 5.16 Å². The van der Waals surface area contributed by atoms with E-state index in [-0.39, 0.29) is 0 Å². The predicted molar refractivity (Wildman–Crippen MR) is 107 cm³/mol. The molecule has 0 aliphatic heterocycles. The third-order valence-electron chi connectivity index (χ3n) is 4.40. The number of hydrogen-bond donors (Lipinski definition) is 0. The van der Waals surface area contributed by atoms with Gasteiger partial charge in [-0.1, -0.05) is 19.9 Å². The number of aryl methyl sites for hydroxylation is 1. The maximum absolute atomic E-state index is 4.76. The molecule has 5 nitrogen and oxygen atoms in total. The van der Waals surface area contributed by atoms with Gasteiger partial charge in [0.2, 0.25) is 0 Å². The molecule has 1 aliphatic carbocycles. The van der Waals surface area contributed by atoms with E-state index in [9.17, 15) is 0 Å². The van der Waals surface area contributed by atoms with Crippen molar-refractivity contribution in [1.82, 2.24) is 24.7 Å². The highest BCUT2D eigenvalue weighted by atomic mass is 32.2. The summed E-state index contributed by atoms with van der Waals surface area (Å²) < 4.78 is 2.19. The van der Waals surface area contributed by atoms with Gasteiger partial charge in [-0.3, -0.25) is 0 Å². The Morgan fingerprint density at radius 1 is 1.35 bits per heavy atom. The van der Waals surface area contributed by atoms with Crippen LogP contribution in [0.25, 0.3) is 10.2 Å². The highest BCUT2D eigenvalue weighted by Crippen LogP contribution is 2.42. The molecule has 0 bridgehead atoms. The van der Waals surface area contributed by atoms with E-state index in [1.54, 1.807) is 23.1 Å². The third kappa shape index (κ3) is 3.42.